The van der Waals surface area contributed by atoms with Gasteiger partial charge in [0.2, 0.25) is 11.8 Å². The average molecular weight is 445 g/mol. The van der Waals surface area contributed by atoms with Crippen molar-refractivity contribution in [2.24, 2.45) is 0 Å². The van der Waals surface area contributed by atoms with E-state index in [2.05, 4.69) is 10.6 Å². The number of ether oxygens (including phenoxy) is 1. The molecule has 0 spiro atoms. The van der Waals surface area contributed by atoms with Crippen LogP contribution in [-0.4, -0.2) is 78.9 Å². The molecule has 1 atom stereocenters. The monoisotopic (exact) mass is 444 g/mol. The molecule has 174 valence electrons. The van der Waals surface area contributed by atoms with Crippen LogP contribution in [0.4, 0.5) is 5.69 Å². The van der Waals surface area contributed by atoms with Gasteiger partial charge in [-0.15, -0.1) is 0 Å². The Bertz CT molecular complexity index is 820. The highest BCUT2D eigenvalue weighted by Crippen LogP contribution is 2.16. The van der Waals surface area contributed by atoms with E-state index in [1.54, 1.807) is 29.2 Å². The summed E-state index contributed by atoms with van der Waals surface area (Å²) in [5.74, 6) is -0.999. The molecule has 1 unspecified atom stereocenters. The van der Waals surface area contributed by atoms with Gasteiger partial charge in [-0.25, -0.2) is 0 Å². The second-order valence-corrected chi connectivity index (χ2v) is 8.18. The van der Waals surface area contributed by atoms with Crippen LogP contribution in [0, 0.1) is 0 Å². The lowest BCUT2D eigenvalue weighted by molar-refractivity contribution is -0.149. The summed E-state index contributed by atoms with van der Waals surface area (Å²) in [7, 11) is 0. The summed E-state index contributed by atoms with van der Waals surface area (Å²) < 4.78 is 5.17. The molecule has 1 aromatic carbocycles. The van der Waals surface area contributed by atoms with Crippen molar-refractivity contribution < 1.29 is 23.9 Å². The van der Waals surface area contributed by atoms with E-state index in [0.29, 0.717) is 30.9 Å². The van der Waals surface area contributed by atoms with E-state index in [1.807, 2.05) is 11.8 Å². The largest absolute Gasteiger partial charge is 0.466 e. The minimum Gasteiger partial charge on any atom is -0.466 e. The topological polar surface area (TPSA) is 108 Å². The Labute approximate surface area is 188 Å². The molecule has 2 heterocycles. The quantitative estimate of drug-likeness (QED) is 0.440. The Morgan fingerprint density at radius 2 is 1.84 bits per heavy atom. The van der Waals surface area contributed by atoms with Crippen molar-refractivity contribution in [3.8, 4) is 0 Å². The van der Waals surface area contributed by atoms with E-state index in [4.69, 9.17) is 4.74 Å². The van der Waals surface area contributed by atoms with Crippen LogP contribution < -0.4 is 10.6 Å². The number of carbonyl (C=O) groups is 4. The molecule has 2 fully saturated rings. The van der Waals surface area contributed by atoms with Gasteiger partial charge in [-0.05, 0) is 43.5 Å². The van der Waals surface area contributed by atoms with Crippen molar-refractivity contribution in [3.63, 3.8) is 0 Å². The number of hydrogen-bond donors (Lipinski definition) is 2. The minimum atomic E-state index is -0.732. The van der Waals surface area contributed by atoms with Gasteiger partial charge in [0, 0.05) is 37.4 Å². The van der Waals surface area contributed by atoms with Gasteiger partial charge in [0.25, 0.3) is 5.91 Å². The van der Waals surface area contributed by atoms with Crippen LogP contribution >= 0.6 is 0 Å². The number of esters is 1. The SMILES string of the molecule is CCCCOC(=O)CC1C(=O)NCCN1CC(=O)Nc1ccc(C(=O)N2CCCC2)cc1. The summed E-state index contributed by atoms with van der Waals surface area (Å²) in [6.45, 7) is 4.77. The minimum absolute atomic E-state index is 0.00775. The van der Waals surface area contributed by atoms with Crippen molar-refractivity contribution in [1.82, 2.24) is 15.1 Å². The fourth-order valence-electron chi connectivity index (χ4n) is 3.90. The van der Waals surface area contributed by atoms with Crippen LogP contribution in [0.25, 0.3) is 0 Å². The van der Waals surface area contributed by atoms with Crippen molar-refractivity contribution in [1.29, 1.82) is 0 Å². The molecule has 32 heavy (non-hydrogen) atoms. The summed E-state index contributed by atoms with van der Waals surface area (Å²) in [5.41, 5.74) is 1.17. The van der Waals surface area contributed by atoms with Crippen molar-refractivity contribution in [2.45, 2.75) is 45.1 Å². The molecule has 3 rings (SSSR count). The molecule has 0 aromatic heterocycles. The number of likely N-dealkylation sites (tertiary alicyclic amines) is 1. The normalized spacial score (nSPS) is 18.8. The lowest BCUT2D eigenvalue weighted by Gasteiger charge is -2.33. The van der Waals surface area contributed by atoms with Crippen molar-refractivity contribution in [3.05, 3.63) is 29.8 Å². The van der Waals surface area contributed by atoms with Crippen LogP contribution in [0.2, 0.25) is 0 Å². The molecule has 0 saturated carbocycles. The Morgan fingerprint density at radius 3 is 2.53 bits per heavy atom. The van der Waals surface area contributed by atoms with E-state index in [0.717, 1.165) is 38.8 Å². The number of anilines is 1. The fraction of sp³-hybridized carbons (Fsp3) is 0.565. The van der Waals surface area contributed by atoms with E-state index >= 15 is 0 Å². The summed E-state index contributed by atoms with van der Waals surface area (Å²) >= 11 is 0. The highest BCUT2D eigenvalue weighted by molar-refractivity contribution is 5.96. The zero-order valence-corrected chi connectivity index (χ0v) is 18.6. The summed E-state index contributed by atoms with van der Waals surface area (Å²) in [6, 6.07) is 6.09. The summed E-state index contributed by atoms with van der Waals surface area (Å²) in [5, 5.41) is 5.54. The molecule has 9 heteroatoms. The molecule has 1 aromatic rings. The van der Waals surface area contributed by atoms with Gasteiger partial charge in [-0.3, -0.25) is 24.1 Å². The second-order valence-electron chi connectivity index (χ2n) is 8.18. The van der Waals surface area contributed by atoms with Crippen LogP contribution in [0.3, 0.4) is 0 Å². The summed E-state index contributed by atoms with van der Waals surface area (Å²) in [4.78, 5) is 52.9. The molecule has 0 bridgehead atoms. The van der Waals surface area contributed by atoms with Crippen molar-refractivity contribution in [2.75, 3.05) is 44.6 Å². The standard InChI is InChI=1S/C23H32N4O5/c1-2-3-14-32-21(29)15-19-22(30)24-10-13-27(19)16-20(28)25-18-8-6-17(7-9-18)23(31)26-11-4-5-12-26/h6-9,19H,2-5,10-16H2,1H3,(H,24,30)(H,25,28). The van der Waals surface area contributed by atoms with Gasteiger partial charge in [0.1, 0.15) is 6.04 Å². The maximum Gasteiger partial charge on any atom is 0.307 e. The Hall–Kier alpha value is -2.94. The number of rotatable bonds is 9. The van der Waals surface area contributed by atoms with Crippen LogP contribution in [-0.2, 0) is 19.1 Å². The molecule has 2 aliphatic heterocycles. The van der Waals surface area contributed by atoms with E-state index in [9.17, 15) is 19.2 Å². The fourth-order valence-corrected chi connectivity index (χ4v) is 3.90. The van der Waals surface area contributed by atoms with Crippen LogP contribution in [0.15, 0.2) is 24.3 Å². The van der Waals surface area contributed by atoms with Gasteiger partial charge >= 0.3 is 5.97 Å². The molecule has 0 radical (unpaired) electrons. The Balaban J connectivity index is 1.53. The van der Waals surface area contributed by atoms with Gasteiger partial charge in [0.15, 0.2) is 0 Å². The summed E-state index contributed by atoms with van der Waals surface area (Å²) in [6.07, 6.45) is 3.67. The zero-order valence-electron chi connectivity index (χ0n) is 18.6. The first-order valence-electron chi connectivity index (χ1n) is 11.3. The number of nitrogens with one attached hydrogen (secondary N) is 2. The first kappa shape index (κ1) is 23.7. The highest BCUT2D eigenvalue weighted by atomic mass is 16.5. The zero-order chi connectivity index (χ0) is 22.9. The number of unbranched alkanes of at least 4 members (excludes halogenated alkanes) is 1. The molecular formula is C23H32N4O5. The number of benzene rings is 1. The smallest absolute Gasteiger partial charge is 0.307 e. The second kappa shape index (κ2) is 11.6. The molecule has 2 aliphatic rings. The van der Waals surface area contributed by atoms with Gasteiger partial charge in [-0.2, -0.15) is 0 Å². The number of piperazine rings is 1. The Morgan fingerprint density at radius 1 is 1.12 bits per heavy atom. The molecule has 2 N–H and O–H groups in total. The number of carbonyl (C=O) groups excluding carboxylic acids is 4. The van der Waals surface area contributed by atoms with E-state index in [-0.39, 0.29) is 30.7 Å². The predicted molar refractivity (Wildman–Crippen MR) is 119 cm³/mol. The van der Waals surface area contributed by atoms with Crippen molar-refractivity contribution >= 4 is 29.4 Å². The molecular weight excluding hydrogens is 412 g/mol. The number of nitrogens with zero attached hydrogens (tertiary/aromatic N) is 2. The first-order chi connectivity index (χ1) is 15.5. The lowest BCUT2D eigenvalue weighted by Crippen LogP contribution is -2.57. The number of amides is 3. The predicted octanol–water partition coefficient (Wildman–Crippen LogP) is 1.39. The first-order valence-corrected chi connectivity index (χ1v) is 11.3. The van der Waals surface area contributed by atoms with Gasteiger partial charge in [0.05, 0.1) is 19.6 Å². The van der Waals surface area contributed by atoms with Crippen LogP contribution in [0.5, 0.6) is 0 Å². The Kier molecular flexibility index (Phi) is 8.61. The molecule has 2 saturated heterocycles. The third-order valence-electron chi connectivity index (χ3n) is 5.72. The third-order valence-corrected chi connectivity index (χ3v) is 5.72. The van der Waals surface area contributed by atoms with E-state index < -0.39 is 12.0 Å². The maximum atomic E-state index is 12.6. The maximum absolute atomic E-state index is 12.6. The highest BCUT2D eigenvalue weighted by Gasteiger charge is 2.33. The third kappa shape index (κ3) is 6.53. The number of hydrogen-bond acceptors (Lipinski definition) is 6. The van der Waals surface area contributed by atoms with Gasteiger partial charge in [-0.1, -0.05) is 13.3 Å². The molecule has 0 aliphatic carbocycles. The average Bonchev–Trinajstić information content (AvgIpc) is 3.31. The molecule has 3 amide bonds. The van der Waals surface area contributed by atoms with Gasteiger partial charge < -0.3 is 20.3 Å². The van der Waals surface area contributed by atoms with E-state index in [1.165, 1.54) is 0 Å². The lowest BCUT2D eigenvalue weighted by atomic mass is 10.1. The molecule has 9 nitrogen and oxygen atoms in total. The van der Waals surface area contributed by atoms with Crippen LogP contribution in [0.1, 0.15) is 49.4 Å².